The second kappa shape index (κ2) is 7.79. The Balaban J connectivity index is 1.28. The molecule has 1 saturated carbocycles. The van der Waals surface area contributed by atoms with Gasteiger partial charge in [0.15, 0.2) is 11.5 Å². The molecule has 1 fully saturated rings. The van der Waals surface area contributed by atoms with E-state index in [0.717, 1.165) is 12.8 Å². The average molecular weight is 414 g/mol. The van der Waals surface area contributed by atoms with Crippen molar-refractivity contribution in [3.05, 3.63) is 82.5 Å². The monoisotopic (exact) mass is 414 g/mol. The van der Waals surface area contributed by atoms with E-state index in [9.17, 15) is 4.79 Å². The fourth-order valence-corrected chi connectivity index (χ4v) is 3.93. The molecule has 3 aromatic heterocycles. The maximum absolute atomic E-state index is 12.7. The standard InChI is InChI=1S/C23H22N6O2/c1-2-14(15-6-4-3-5-7-15)10-16-11-18(16)22-27-20(31-28-22)12-29-13-25-21-17(23(29)30)8-9-19(24)26-21/h2-9,13,16,18H,10-12H2,1H3,(H2,24,26)/b14-2+/t16-,18-/m0/s1. The van der Waals surface area contributed by atoms with Crippen LogP contribution in [0, 0.1) is 5.92 Å². The van der Waals surface area contributed by atoms with E-state index in [0.29, 0.717) is 34.5 Å². The second-order valence-corrected chi connectivity index (χ2v) is 7.82. The van der Waals surface area contributed by atoms with Crippen LogP contribution in [-0.2, 0) is 6.54 Å². The molecule has 2 N–H and O–H groups in total. The van der Waals surface area contributed by atoms with Gasteiger partial charge in [0.2, 0.25) is 5.89 Å². The van der Waals surface area contributed by atoms with E-state index < -0.39 is 0 Å². The van der Waals surface area contributed by atoms with E-state index in [4.69, 9.17) is 10.3 Å². The molecule has 0 amide bonds. The van der Waals surface area contributed by atoms with E-state index >= 15 is 0 Å². The van der Waals surface area contributed by atoms with Crippen molar-refractivity contribution in [2.75, 3.05) is 5.73 Å². The SMILES string of the molecule is C/C=C(\C[C@H]1C[C@@H]1c1noc(Cn2cnc3nc(N)ccc3c2=O)n1)c1ccccc1. The molecule has 5 rings (SSSR count). The Bertz CT molecular complexity index is 1320. The van der Waals surface area contributed by atoms with Gasteiger partial charge in [-0.25, -0.2) is 9.97 Å². The van der Waals surface area contributed by atoms with Crippen molar-refractivity contribution < 1.29 is 4.52 Å². The van der Waals surface area contributed by atoms with Crippen LogP contribution in [0.1, 0.15) is 43.0 Å². The summed E-state index contributed by atoms with van der Waals surface area (Å²) in [4.78, 5) is 25.5. The zero-order valence-electron chi connectivity index (χ0n) is 17.1. The van der Waals surface area contributed by atoms with Crippen LogP contribution in [0.25, 0.3) is 16.6 Å². The van der Waals surface area contributed by atoms with Crippen LogP contribution in [0.3, 0.4) is 0 Å². The average Bonchev–Trinajstić information content (AvgIpc) is 3.41. The molecule has 4 aromatic rings. The summed E-state index contributed by atoms with van der Waals surface area (Å²) in [5.41, 5.74) is 8.35. The summed E-state index contributed by atoms with van der Waals surface area (Å²) in [5, 5.41) is 4.57. The molecular weight excluding hydrogens is 392 g/mol. The number of nitrogens with two attached hydrogens (primary N) is 1. The summed E-state index contributed by atoms with van der Waals surface area (Å²) < 4.78 is 6.86. The molecule has 8 nitrogen and oxygen atoms in total. The first kappa shape index (κ1) is 19.2. The first-order valence-corrected chi connectivity index (χ1v) is 10.3. The highest BCUT2D eigenvalue weighted by Crippen LogP contribution is 2.50. The maximum Gasteiger partial charge on any atom is 0.263 e. The van der Waals surface area contributed by atoms with Gasteiger partial charge in [0.05, 0.1) is 5.39 Å². The lowest BCUT2D eigenvalue weighted by atomic mass is 9.99. The fraction of sp³-hybridized carbons (Fsp3) is 0.261. The number of pyridine rings is 1. The number of nitrogens with zero attached hydrogens (tertiary/aromatic N) is 5. The summed E-state index contributed by atoms with van der Waals surface area (Å²) in [5.74, 6) is 2.21. The molecule has 0 spiro atoms. The van der Waals surface area contributed by atoms with Crippen LogP contribution in [-0.4, -0.2) is 24.7 Å². The molecule has 1 aliphatic carbocycles. The number of aromatic nitrogens is 5. The Kier molecular flexibility index (Phi) is 4.82. The zero-order chi connectivity index (χ0) is 21.4. The van der Waals surface area contributed by atoms with Gasteiger partial charge in [-0.3, -0.25) is 9.36 Å². The van der Waals surface area contributed by atoms with Crippen molar-refractivity contribution in [3.63, 3.8) is 0 Å². The molecule has 31 heavy (non-hydrogen) atoms. The van der Waals surface area contributed by atoms with Gasteiger partial charge in [0.1, 0.15) is 18.7 Å². The lowest BCUT2D eigenvalue weighted by Crippen LogP contribution is -2.21. The molecule has 156 valence electrons. The van der Waals surface area contributed by atoms with Crippen molar-refractivity contribution in [2.24, 2.45) is 5.92 Å². The van der Waals surface area contributed by atoms with Gasteiger partial charge in [-0.15, -0.1) is 0 Å². The van der Waals surface area contributed by atoms with Gasteiger partial charge in [0.25, 0.3) is 5.56 Å². The molecule has 0 saturated heterocycles. The van der Waals surface area contributed by atoms with Gasteiger partial charge >= 0.3 is 0 Å². The highest BCUT2D eigenvalue weighted by atomic mass is 16.5. The number of allylic oxidation sites excluding steroid dienone is 2. The number of anilines is 1. The van der Waals surface area contributed by atoms with Crippen LogP contribution in [0.2, 0.25) is 0 Å². The minimum Gasteiger partial charge on any atom is -0.384 e. The van der Waals surface area contributed by atoms with Crippen LogP contribution in [0.5, 0.6) is 0 Å². The Morgan fingerprint density at radius 2 is 2.06 bits per heavy atom. The molecule has 0 bridgehead atoms. The van der Waals surface area contributed by atoms with Gasteiger partial charge in [-0.05, 0) is 49.0 Å². The van der Waals surface area contributed by atoms with Crippen molar-refractivity contribution in [1.29, 1.82) is 0 Å². The highest BCUT2D eigenvalue weighted by molar-refractivity contribution is 5.74. The summed E-state index contributed by atoms with van der Waals surface area (Å²) in [7, 11) is 0. The van der Waals surface area contributed by atoms with Gasteiger partial charge in [-0.2, -0.15) is 4.98 Å². The van der Waals surface area contributed by atoms with E-state index in [1.807, 2.05) is 6.07 Å². The third-order valence-corrected chi connectivity index (χ3v) is 5.73. The maximum atomic E-state index is 12.7. The molecule has 0 radical (unpaired) electrons. The Morgan fingerprint density at radius 3 is 2.87 bits per heavy atom. The summed E-state index contributed by atoms with van der Waals surface area (Å²) in [6.07, 6.45) is 5.63. The number of hydrogen-bond acceptors (Lipinski definition) is 7. The van der Waals surface area contributed by atoms with Crippen LogP contribution < -0.4 is 11.3 Å². The van der Waals surface area contributed by atoms with Crippen molar-refractivity contribution in [3.8, 4) is 0 Å². The minimum atomic E-state index is -0.220. The first-order chi connectivity index (χ1) is 15.1. The Labute approximate surface area is 178 Å². The van der Waals surface area contributed by atoms with Crippen molar-refractivity contribution >= 4 is 22.4 Å². The van der Waals surface area contributed by atoms with E-state index in [-0.39, 0.29) is 18.0 Å². The summed E-state index contributed by atoms with van der Waals surface area (Å²) in [6.45, 7) is 2.24. The van der Waals surface area contributed by atoms with Gasteiger partial charge in [0, 0.05) is 5.92 Å². The summed E-state index contributed by atoms with van der Waals surface area (Å²) >= 11 is 0. The smallest absolute Gasteiger partial charge is 0.263 e. The number of rotatable bonds is 6. The molecular formula is C23H22N6O2. The normalized spacial score (nSPS) is 18.4. The predicted octanol–water partition coefficient (Wildman–Crippen LogP) is 3.40. The zero-order valence-corrected chi connectivity index (χ0v) is 17.1. The highest BCUT2D eigenvalue weighted by Gasteiger charge is 2.42. The molecule has 3 heterocycles. The van der Waals surface area contributed by atoms with Crippen LogP contribution in [0.4, 0.5) is 5.82 Å². The summed E-state index contributed by atoms with van der Waals surface area (Å²) in [6, 6.07) is 13.6. The fourth-order valence-electron chi connectivity index (χ4n) is 3.93. The molecule has 0 aliphatic heterocycles. The minimum absolute atomic E-state index is 0.167. The lowest BCUT2D eigenvalue weighted by molar-refractivity contribution is 0.364. The quantitative estimate of drug-likeness (QED) is 0.514. The first-order valence-electron chi connectivity index (χ1n) is 10.3. The molecule has 2 atom stereocenters. The van der Waals surface area contributed by atoms with E-state index in [1.165, 1.54) is 22.0 Å². The molecule has 8 heteroatoms. The third kappa shape index (κ3) is 3.84. The van der Waals surface area contributed by atoms with Crippen molar-refractivity contribution in [2.45, 2.75) is 32.2 Å². The predicted molar refractivity (Wildman–Crippen MR) is 117 cm³/mol. The molecule has 0 unspecified atom stereocenters. The number of hydrogen-bond donors (Lipinski definition) is 1. The number of fused-ring (bicyclic) bond motifs is 1. The lowest BCUT2D eigenvalue weighted by Gasteiger charge is -2.06. The molecule has 1 aromatic carbocycles. The van der Waals surface area contributed by atoms with E-state index in [1.54, 1.807) is 12.1 Å². The molecule has 1 aliphatic rings. The number of benzene rings is 1. The van der Waals surface area contributed by atoms with Gasteiger partial charge < -0.3 is 10.3 Å². The largest absolute Gasteiger partial charge is 0.384 e. The van der Waals surface area contributed by atoms with E-state index in [2.05, 4.69) is 57.4 Å². The van der Waals surface area contributed by atoms with Gasteiger partial charge in [-0.1, -0.05) is 41.6 Å². The topological polar surface area (TPSA) is 113 Å². The number of nitrogen functional groups attached to an aromatic ring is 1. The van der Waals surface area contributed by atoms with Crippen LogP contribution >= 0.6 is 0 Å². The Hall–Kier alpha value is -3.81. The van der Waals surface area contributed by atoms with Crippen molar-refractivity contribution in [1.82, 2.24) is 24.7 Å². The second-order valence-electron chi connectivity index (χ2n) is 7.82. The third-order valence-electron chi connectivity index (χ3n) is 5.73. The Morgan fingerprint density at radius 1 is 1.23 bits per heavy atom. The van der Waals surface area contributed by atoms with Crippen LogP contribution in [0.15, 0.2) is 64.2 Å².